The van der Waals surface area contributed by atoms with Gasteiger partial charge in [-0.05, 0) is 19.3 Å². The Morgan fingerprint density at radius 1 is 1.59 bits per heavy atom. The number of carboxylic acids is 1. The van der Waals surface area contributed by atoms with Crippen LogP contribution in [0.5, 0.6) is 0 Å². The lowest BCUT2D eigenvalue weighted by molar-refractivity contribution is -0.139. The summed E-state index contributed by atoms with van der Waals surface area (Å²) in [6.45, 7) is 4.69. The molecule has 0 aromatic rings. The van der Waals surface area contributed by atoms with E-state index in [-0.39, 0.29) is 18.5 Å². The number of carbonyl (C=O) groups is 2. The van der Waals surface area contributed by atoms with Gasteiger partial charge in [-0.25, -0.2) is 9.59 Å². The molecule has 5 nitrogen and oxygen atoms in total. The number of amides is 2. The molecular formula is C12H18N2O3. The number of hydrogen-bond acceptors (Lipinski definition) is 2. The number of likely N-dealkylation sites (tertiary alicyclic amines) is 1. The monoisotopic (exact) mass is 238 g/mol. The first-order valence-corrected chi connectivity index (χ1v) is 5.69. The minimum absolute atomic E-state index is 0.00114. The Labute approximate surface area is 101 Å². The molecule has 1 fully saturated rings. The van der Waals surface area contributed by atoms with Gasteiger partial charge in [-0.15, -0.1) is 12.3 Å². The van der Waals surface area contributed by atoms with Gasteiger partial charge in [0, 0.05) is 19.0 Å². The van der Waals surface area contributed by atoms with E-state index in [4.69, 9.17) is 11.5 Å². The van der Waals surface area contributed by atoms with Crippen molar-refractivity contribution in [3.05, 3.63) is 0 Å². The van der Waals surface area contributed by atoms with Gasteiger partial charge in [-0.3, -0.25) is 0 Å². The van der Waals surface area contributed by atoms with Crippen LogP contribution in [0.25, 0.3) is 0 Å². The van der Waals surface area contributed by atoms with Crippen LogP contribution in [0.15, 0.2) is 0 Å². The second kappa shape index (κ2) is 5.58. The fraction of sp³-hybridized carbons (Fsp3) is 0.667. The molecular weight excluding hydrogens is 220 g/mol. The summed E-state index contributed by atoms with van der Waals surface area (Å²) >= 11 is 0. The predicted octanol–water partition coefficient (Wildman–Crippen LogP) is 0.903. The average Bonchev–Trinajstić information content (AvgIpc) is 2.57. The lowest BCUT2D eigenvalue weighted by Crippen LogP contribution is -2.48. The Morgan fingerprint density at radius 3 is 2.65 bits per heavy atom. The largest absolute Gasteiger partial charge is 0.480 e. The van der Waals surface area contributed by atoms with E-state index in [2.05, 4.69) is 18.2 Å². The highest BCUT2D eigenvalue weighted by Gasteiger charge is 2.31. The Bertz CT molecular complexity index is 348. The van der Waals surface area contributed by atoms with Gasteiger partial charge in [0.05, 0.1) is 0 Å². The summed E-state index contributed by atoms with van der Waals surface area (Å²) in [6, 6.07) is -1.20. The molecule has 1 aliphatic heterocycles. The van der Waals surface area contributed by atoms with Crippen LogP contribution in [0, 0.1) is 18.3 Å². The topological polar surface area (TPSA) is 69.6 Å². The molecule has 3 unspecified atom stereocenters. The van der Waals surface area contributed by atoms with Gasteiger partial charge in [-0.2, -0.15) is 0 Å². The molecule has 2 amide bonds. The second-order valence-corrected chi connectivity index (χ2v) is 4.59. The number of nitrogens with zero attached hydrogens (tertiary/aromatic N) is 1. The number of urea groups is 1. The molecule has 1 heterocycles. The van der Waals surface area contributed by atoms with Crippen molar-refractivity contribution in [2.24, 2.45) is 5.92 Å². The summed E-state index contributed by atoms with van der Waals surface area (Å²) in [5.74, 6) is 1.60. The second-order valence-electron chi connectivity index (χ2n) is 4.59. The molecule has 0 aromatic carbocycles. The van der Waals surface area contributed by atoms with Crippen LogP contribution in [0.2, 0.25) is 0 Å². The van der Waals surface area contributed by atoms with Crippen molar-refractivity contribution >= 4 is 12.0 Å². The van der Waals surface area contributed by atoms with Crippen molar-refractivity contribution in [3.63, 3.8) is 0 Å². The van der Waals surface area contributed by atoms with Gasteiger partial charge in [0.15, 0.2) is 0 Å². The molecule has 0 radical (unpaired) electrons. The maximum atomic E-state index is 11.9. The van der Waals surface area contributed by atoms with Crippen LogP contribution in [0.1, 0.15) is 26.7 Å². The Hall–Kier alpha value is -1.70. The minimum Gasteiger partial charge on any atom is -0.480 e. The lowest BCUT2D eigenvalue weighted by Gasteiger charge is -2.23. The van der Waals surface area contributed by atoms with E-state index in [1.54, 1.807) is 4.90 Å². The number of hydrogen-bond donors (Lipinski definition) is 2. The fourth-order valence-corrected chi connectivity index (χ4v) is 2.13. The van der Waals surface area contributed by atoms with Crippen LogP contribution in [0.3, 0.4) is 0 Å². The molecule has 0 aliphatic carbocycles. The van der Waals surface area contributed by atoms with Crippen molar-refractivity contribution in [2.75, 3.05) is 6.54 Å². The molecule has 1 saturated heterocycles. The first-order chi connectivity index (χ1) is 7.95. The molecule has 0 aromatic heterocycles. The molecule has 3 atom stereocenters. The summed E-state index contributed by atoms with van der Waals surface area (Å²) in [5, 5.41) is 11.3. The van der Waals surface area contributed by atoms with Gasteiger partial charge in [-0.1, -0.05) is 6.92 Å². The van der Waals surface area contributed by atoms with Crippen molar-refractivity contribution < 1.29 is 14.7 Å². The normalized spacial score (nSPS) is 25.1. The zero-order valence-electron chi connectivity index (χ0n) is 10.1. The van der Waals surface area contributed by atoms with Crippen molar-refractivity contribution in [2.45, 2.75) is 38.8 Å². The number of aliphatic carboxylic acids is 1. The standard InChI is InChI=1S/C12H18N2O3/c1-4-5-10(11(15)16)13-12(17)14-7-8(2)6-9(14)3/h1,8-10H,5-7H2,2-3H3,(H,13,17)(H,15,16). The van der Waals surface area contributed by atoms with Crippen LogP contribution in [-0.4, -0.2) is 40.6 Å². The van der Waals surface area contributed by atoms with E-state index in [9.17, 15) is 9.59 Å². The molecule has 0 saturated carbocycles. The summed E-state index contributed by atoms with van der Waals surface area (Å²) in [6.07, 6.45) is 6.01. The maximum absolute atomic E-state index is 11.9. The quantitative estimate of drug-likeness (QED) is 0.718. The molecule has 17 heavy (non-hydrogen) atoms. The number of terminal acetylenes is 1. The van der Waals surface area contributed by atoms with E-state index in [0.717, 1.165) is 6.42 Å². The van der Waals surface area contributed by atoms with Crippen molar-refractivity contribution in [1.29, 1.82) is 0 Å². The number of carboxylic acid groups (broad SMARTS) is 1. The third-order valence-electron chi connectivity index (χ3n) is 2.96. The van der Waals surface area contributed by atoms with Crippen LogP contribution >= 0.6 is 0 Å². The Balaban J connectivity index is 2.59. The van der Waals surface area contributed by atoms with Gasteiger partial charge in [0.1, 0.15) is 6.04 Å². The van der Waals surface area contributed by atoms with Crippen molar-refractivity contribution in [3.8, 4) is 12.3 Å². The molecule has 94 valence electrons. The van der Waals surface area contributed by atoms with Crippen LogP contribution in [0.4, 0.5) is 4.79 Å². The van der Waals surface area contributed by atoms with E-state index >= 15 is 0 Å². The fourth-order valence-electron chi connectivity index (χ4n) is 2.13. The van der Waals surface area contributed by atoms with E-state index < -0.39 is 12.0 Å². The van der Waals surface area contributed by atoms with Gasteiger partial charge in [0.25, 0.3) is 0 Å². The first kappa shape index (κ1) is 13.4. The molecule has 1 rings (SSSR count). The smallest absolute Gasteiger partial charge is 0.327 e. The molecule has 2 N–H and O–H groups in total. The van der Waals surface area contributed by atoms with E-state index in [1.165, 1.54) is 0 Å². The number of nitrogens with one attached hydrogen (secondary N) is 1. The predicted molar refractivity (Wildman–Crippen MR) is 63.4 cm³/mol. The van der Waals surface area contributed by atoms with E-state index in [0.29, 0.717) is 12.5 Å². The van der Waals surface area contributed by atoms with Gasteiger partial charge < -0.3 is 15.3 Å². The van der Waals surface area contributed by atoms with Crippen LogP contribution < -0.4 is 5.32 Å². The zero-order valence-corrected chi connectivity index (χ0v) is 10.1. The van der Waals surface area contributed by atoms with Crippen LogP contribution in [-0.2, 0) is 4.79 Å². The summed E-state index contributed by atoms with van der Waals surface area (Å²) in [5.41, 5.74) is 0. The lowest BCUT2D eigenvalue weighted by atomic mass is 10.1. The van der Waals surface area contributed by atoms with Gasteiger partial charge >= 0.3 is 12.0 Å². The summed E-state index contributed by atoms with van der Waals surface area (Å²) < 4.78 is 0. The van der Waals surface area contributed by atoms with E-state index in [1.807, 2.05) is 6.92 Å². The highest BCUT2D eigenvalue weighted by atomic mass is 16.4. The Kier molecular flexibility index (Phi) is 4.38. The molecule has 1 aliphatic rings. The zero-order chi connectivity index (χ0) is 13.0. The molecule has 5 heteroatoms. The average molecular weight is 238 g/mol. The van der Waals surface area contributed by atoms with Gasteiger partial charge in [0.2, 0.25) is 0 Å². The number of carbonyl (C=O) groups excluding carboxylic acids is 1. The highest BCUT2D eigenvalue weighted by molar-refractivity contribution is 5.83. The molecule has 0 spiro atoms. The highest BCUT2D eigenvalue weighted by Crippen LogP contribution is 2.22. The molecule has 0 bridgehead atoms. The summed E-state index contributed by atoms with van der Waals surface area (Å²) in [4.78, 5) is 24.4. The third-order valence-corrected chi connectivity index (χ3v) is 2.96. The van der Waals surface area contributed by atoms with Crippen molar-refractivity contribution in [1.82, 2.24) is 10.2 Å². The Morgan fingerprint density at radius 2 is 2.24 bits per heavy atom. The maximum Gasteiger partial charge on any atom is 0.327 e. The summed E-state index contributed by atoms with van der Waals surface area (Å²) in [7, 11) is 0. The third kappa shape index (κ3) is 3.38. The first-order valence-electron chi connectivity index (χ1n) is 5.69. The minimum atomic E-state index is -1.10. The number of rotatable bonds is 3. The SMILES string of the molecule is C#CCC(NC(=O)N1CC(C)CC1C)C(=O)O.